The van der Waals surface area contributed by atoms with Crippen LogP contribution in [0.15, 0.2) is 45.1 Å². The number of carbonyl (C=O) groups excluding carboxylic acids is 1. The van der Waals surface area contributed by atoms with Crippen molar-refractivity contribution >= 4 is 34.7 Å². The summed E-state index contributed by atoms with van der Waals surface area (Å²) in [6.07, 6.45) is 3.03. The number of ether oxygens (including phenoxy) is 2. The van der Waals surface area contributed by atoms with Crippen LogP contribution in [0.1, 0.15) is 44.6 Å². The van der Waals surface area contributed by atoms with Gasteiger partial charge in [0.2, 0.25) is 0 Å². The molecule has 0 saturated carbocycles. The Morgan fingerprint density at radius 3 is 2.78 bits per heavy atom. The molecule has 1 saturated heterocycles. The van der Waals surface area contributed by atoms with Crippen LogP contribution in [-0.2, 0) is 11.3 Å². The molecule has 2 aromatic heterocycles. The second-order valence-electron chi connectivity index (χ2n) is 10.3. The Morgan fingerprint density at radius 2 is 2.05 bits per heavy atom. The van der Waals surface area contributed by atoms with Crippen LogP contribution in [0.25, 0.3) is 22.7 Å². The number of methoxy groups -OCH3 is 1. The van der Waals surface area contributed by atoms with Crippen LogP contribution in [0.5, 0.6) is 11.5 Å². The third-order valence-corrected chi connectivity index (χ3v) is 6.50. The number of aromatic nitrogens is 1. The number of azo groups is 1. The van der Waals surface area contributed by atoms with Crippen LogP contribution in [0.3, 0.4) is 0 Å². The fraction of sp³-hybridized carbons (Fsp3) is 0.407. The predicted molar refractivity (Wildman–Crippen MR) is 139 cm³/mol. The van der Waals surface area contributed by atoms with Crippen molar-refractivity contribution in [2.45, 2.75) is 45.9 Å². The van der Waals surface area contributed by atoms with Gasteiger partial charge < -0.3 is 23.9 Å². The van der Waals surface area contributed by atoms with Gasteiger partial charge in [-0.05, 0) is 52.0 Å². The summed E-state index contributed by atoms with van der Waals surface area (Å²) in [5.74, 6) is 1.52. The third kappa shape index (κ3) is 4.89. The van der Waals surface area contributed by atoms with E-state index in [4.69, 9.17) is 13.9 Å². The highest BCUT2D eigenvalue weighted by molar-refractivity contribution is 5.95. The molecule has 1 N–H and O–H groups in total. The minimum atomic E-state index is -0.534. The van der Waals surface area contributed by atoms with Gasteiger partial charge in [-0.15, -0.1) is 10.2 Å². The van der Waals surface area contributed by atoms with E-state index in [0.717, 1.165) is 11.1 Å². The van der Waals surface area contributed by atoms with Gasteiger partial charge in [-0.1, -0.05) is 0 Å². The zero-order chi connectivity index (χ0) is 26.3. The molecule has 1 fully saturated rings. The van der Waals surface area contributed by atoms with Crippen LogP contribution >= 0.6 is 0 Å². The summed E-state index contributed by atoms with van der Waals surface area (Å²) in [6.45, 7) is 9.97. The molecule has 0 spiro atoms. The lowest BCUT2D eigenvalue weighted by Crippen LogP contribution is -2.54. The first-order valence-electron chi connectivity index (χ1n) is 12.3. The normalized spacial score (nSPS) is 19.0. The zero-order valence-corrected chi connectivity index (χ0v) is 21.7. The lowest BCUT2D eigenvalue weighted by atomic mass is 10.1. The minimum absolute atomic E-state index is 0.0294. The summed E-state index contributed by atoms with van der Waals surface area (Å²) >= 11 is 0. The van der Waals surface area contributed by atoms with Crippen molar-refractivity contribution in [1.82, 2.24) is 14.8 Å². The van der Waals surface area contributed by atoms with E-state index in [9.17, 15) is 9.90 Å². The first-order valence-corrected chi connectivity index (χ1v) is 12.3. The zero-order valence-electron chi connectivity index (χ0n) is 21.7. The van der Waals surface area contributed by atoms with E-state index in [1.54, 1.807) is 30.3 Å². The maximum absolute atomic E-state index is 12.6. The fourth-order valence-electron chi connectivity index (χ4n) is 4.63. The van der Waals surface area contributed by atoms with E-state index in [1.165, 1.54) is 0 Å². The highest BCUT2D eigenvalue weighted by Gasteiger charge is 2.31. The molecular weight excluding hydrogens is 474 g/mol. The molecule has 194 valence electrons. The number of benzene rings is 1. The molecule has 0 aliphatic carbocycles. The molecule has 37 heavy (non-hydrogen) atoms. The van der Waals surface area contributed by atoms with Crippen LogP contribution < -0.4 is 4.74 Å². The van der Waals surface area contributed by atoms with E-state index < -0.39 is 5.60 Å². The van der Waals surface area contributed by atoms with E-state index in [0.29, 0.717) is 54.4 Å². The van der Waals surface area contributed by atoms with E-state index in [2.05, 4.69) is 27.0 Å². The Balaban J connectivity index is 1.42. The largest absolute Gasteiger partial charge is 0.504 e. The highest BCUT2D eigenvalue weighted by atomic mass is 16.6. The molecule has 0 bridgehead atoms. The number of pyridine rings is 1. The molecule has 1 aromatic carbocycles. The number of furan rings is 1. The van der Waals surface area contributed by atoms with Crippen molar-refractivity contribution in [3.05, 3.63) is 47.3 Å². The number of fused-ring (bicyclic) bond motifs is 2. The number of amides is 1. The Hall–Kier alpha value is -3.92. The topological polar surface area (TPSA) is 113 Å². The van der Waals surface area contributed by atoms with Gasteiger partial charge in [-0.3, -0.25) is 4.90 Å². The maximum atomic E-state index is 12.6. The van der Waals surface area contributed by atoms with Gasteiger partial charge in [0, 0.05) is 50.1 Å². The van der Waals surface area contributed by atoms with Crippen molar-refractivity contribution in [1.29, 1.82) is 0 Å². The van der Waals surface area contributed by atoms with Crippen molar-refractivity contribution in [2.24, 2.45) is 10.2 Å². The van der Waals surface area contributed by atoms with Gasteiger partial charge in [0.05, 0.1) is 18.1 Å². The lowest BCUT2D eigenvalue weighted by molar-refractivity contribution is 0.00452. The molecule has 3 aromatic rings. The SMILES string of the molecule is COc1ccc2c(O)c(C=C3N=Nc4ncccc43)oc2c1CN1CCN(C(=O)OC(C)(C)C)C[C@@H]1C. The van der Waals surface area contributed by atoms with Crippen molar-refractivity contribution in [3.63, 3.8) is 0 Å². The third-order valence-electron chi connectivity index (χ3n) is 6.50. The number of aromatic hydroxyl groups is 1. The number of hydrogen-bond acceptors (Lipinski definition) is 9. The Morgan fingerprint density at radius 1 is 1.24 bits per heavy atom. The monoisotopic (exact) mass is 505 g/mol. The summed E-state index contributed by atoms with van der Waals surface area (Å²) in [5, 5.41) is 19.9. The van der Waals surface area contributed by atoms with Crippen molar-refractivity contribution < 1.29 is 23.8 Å². The van der Waals surface area contributed by atoms with Gasteiger partial charge >= 0.3 is 6.09 Å². The van der Waals surface area contributed by atoms with Crippen LogP contribution in [0, 0.1) is 0 Å². The summed E-state index contributed by atoms with van der Waals surface area (Å²) in [6, 6.07) is 7.39. The molecule has 10 heteroatoms. The molecule has 0 unspecified atom stereocenters. The molecule has 1 atom stereocenters. The van der Waals surface area contributed by atoms with Gasteiger partial charge in [-0.25, -0.2) is 9.78 Å². The molecule has 10 nitrogen and oxygen atoms in total. The number of hydrogen-bond donors (Lipinski definition) is 1. The van der Waals surface area contributed by atoms with Crippen LogP contribution in [0.2, 0.25) is 0 Å². The van der Waals surface area contributed by atoms with Gasteiger partial charge in [-0.2, -0.15) is 0 Å². The number of rotatable bonds is 4. The maximum Gasteiger partial charge on any atom is 0.410 e. The second-order valence-corrected chi connectivity index (χ2v) is 10.3. The molecular formula is C27H31N5O5. The standard InChI is InChI=1S/C27H31N5O5/c1-16-14-32(26(34)37-27(2,3)4)12-11-31(16)15-19-21(35-5)9-8-18-23(33)22(36-24(18)19)13-20-17-7-6-10-28-25(17)30-29-20/h6-10,13,16,33H,11-12,14-15H2,1-5H3/t16-/m0/s1. The molecule has 5 rings (SSSR count). The quantitative estimate of drug-likeness (QED) is 0.492. The lowest BCUT2D eigenvalue weighted by Gasteiger charge is -2.40. The summed E-state index contributed by atoms with van der Waals surface area (Å²) in [4.78, 5) is 20.8. The molecule has 2 aliphatic heterocycles. The second kappa shape index (κ2) is 9.51. The molecule has 2 aliphatic rings. The molecule has 1 amide bonds. The number of nitrogens with zero attached hydrogens (tertiary/aromatic N) is 5. The Kier molecular flexibility index (Phi) is 6.36. The average Bonchev–Trinajstić information content (AvgIpc) is 3.40. The molecule has 4 heterocycles. The van der Waals surface area contributed by atoms with Gasteiger partial charge in [0.15, 0.2) is 17.3 Å². The first-order chi connectivity index (χ1) is 17.6. The average molecular weight is 506 g/mol. The van der Waals surface area contributed by atoms with E-state index in [-0.39, 0.29) is 23.6 Å². The summed E-state index contributed by atoms with van der Waals surface area (Å²) in [7, 11) is 1.61. The number of piperazine rings is 1. The first kappa shape index (κ1) is 24.8. The van der Waals surface area contributed by atoms with Crippen LogP contribution in [0.4, 0.5) is 10.6 Å². The Labute approximate surface area is 215 Å². The fourth-order valence-corrected chi connectivity index (χ4v) is 4.63. The summed E-state index contributed by atoms with van der Waals surface area (Å²) < 4.78 is 17.4. The van der Waals surface area contributed by atoms with Crippen LogP contribution in [-0.4, -0.2) is 64.4 Å². The van der Waals surface area contributed by atoms with E-state index in [1.807, 2.05) is 39.0 Å². The highest BCUT2D eigenvalue weighted by Crippen LogP contribution is 2.42. The van der Waals surface area contributed by atoms with Crippen molar-refractivity contribution in [3.8, 4) is 11.5 Å². The smallest absolute Gasteiger partial charge is 0.410 e. The van der Waals surface area contributed by atoms with Gasteiger partial charge in [0.25, 0.3) is 0 Å². The predicted octanol–water partition coefficient (Wildman–Crippen LogP) is 5.58. The molecule has 0 radical (unpaired) electrons. The summed E-state index contributed by atoms with van der Waals surface area (Å²) in [5.41, 5.74) is 2.18. The van der Waals surface area contributed by atoms with Gasteiger partial charge in [0.1, 0.15) is 22.6 Å². The minimum Gasteiger partial charge on any atom is -0.504 e. The van der Waals surface area contributed by atoms with Crippen molar-refractivity contribution in [2.75, 3.05) is 26.7 Å². The van der Waals surface area contributed by atoms with E-state index >= 15 is 0 Å². The Bertz CT molecular complexity index is 1400. The number of carbonyl (C=O) groups is 1.